The van der Waals surface area contributed by atoms with Gasteiger partial charge in [0, 0.05) is 19.3 Å². The second kappa shape index (κ2) is 52.2. The van der Waals surface area contributed by atoms with Gasteiger partial charge in [-0.3, -0.25) is 14.4 Å². The average Bonchev–Trinajstić information content (AvgIpc) is 3.29. The van der Waals surface area contributed by atoms with Crippen molar-refractivity contribution >= 4 is 17.9 Å². The normalized spacial score (nSPS) is 12.7. The predicted molar refractivity (Wildman–Crippen MR) is 274 cm³/mol. The Labute approximate surface area is 395 Å². The fourth-order valence-electron chi connectivity index (χ4n) is 7.18. The van der Waals surface area contributed by atoms with Crippen LogP contribution in [0, 0.1) is 0 Å². The lowest BCUT2D eigenvalue weighted by molar-refractivity contribution is -0.167. The molecule has 0 fully saturated rings. The van der Waals surface area contributed by atoms with Crippen LogP contribution >= 0.6 is 0 Å². The van der Waals surface area contributed by atoms with Gasteiger partial charge in [0.2, 0.25) is 0 Å². The minimum atomic E-state index is -0.802. The van der Waals surface area contributed by atoms with Gasteiger partial charge >= 0.3 is 17.9 Å². The predicted octanol–water partition coefficient (Wildman–Crippen LogP) is 17.6. The summed E-state index contributed by atoms with van der Waals surface area (Å²) in [5.74, 6) is -0.965. The van der Waals surface area contributed by atoms with Crippen LogP contribution in [-0.4, -0.2) is 37.2 Å². The number of unbranched alkanes of at least 4 members (excludes halogenated alkanes) is 26. The quantitative estimate of drug-likeness (QED) is 0.0199. The minimum Gasteiger partial charge on any atom is -0.462 e. The van der Waals surface area contributed by atoms with Crippen LogP contribution in [-0.2, 0) is 28.6 Å². The van der Waals surface area contributed by atoms with Crippen LogP contribution in [0.25, 0.3) is 0 Å². The molecule has 0 amide bonds. The highest BCUT2D eigenvalue weighted by atomic mass is 16.6. The van der Waals surface area contributed by atoms with Crippen molar-refractivity contribution in [3.63, 3.8) is 0 Å². The summed E-state index contributed by atoms with van der Waals surface area (Å²) >= 11 is 0. The van der Waals surface area contributed by atoms with Crippen LogP contribution in [0.3, 0.4) is 0 Å². The molecule has 1 unspecified atom stereocenters. The Morgan fingerprint density at radius 3 is 1.06 bits per heavy atom. The number of esters is 3. The Balaban J connectivity index is 4.39. The molecule has 1 atom stereocenters. The van der Waals surface area contributed by atoms with E-state index in [4.69, 9.17) is 14.2 Å². The van der Waals surface area contributed by atoms with E-state index in [1.807, 2.05) is 24.3 Å². The average molecular weight is 891 g/mol. The molecule has 6 heteroatoms. The molecule has 366 valence electrons. The van der Waals surface area contributed by atoms with E-state index in [1.54, 1.807) is 0 Å². The number of rotatable bonds is 47. The highest BCUT2D eigenvalue weighted by molar-refractivity contribution is 5.71. The van der Waals surface area contributed by atoms with E-state index in [0.29, 0.717) is 25.7 Å². The second-order valence-corrected chi connectivity index (χ2v) is 17.5. The molecule has 6 nitrogen and oxygen atoms in total. The molecule has 0 spiro atoms. The summed E-state index contributed by atoms with van der Waals surface area (Å²) < 4.78 is 16.7. The van der Waals surface area contributed by atoms with E-state index in [9.17, 15) is 14.4 Å². The van der Waals surface area contributed by atoms with Gasteiger partial charge in [0.1, 0.15) is 13.2 Å². The molecule has 0 bridgehead atoms. The molecule has 0 heterocycles. The van der Waals surface area contributed by atoms with Gasteiger partial charge in [0.15, 0.2) is 6.10 Å². The molecule has 0 saturated carbocycles. The second-order valence-electron chi connectivity index (χ2n) is 17.5. The van der Waals surface area contributed by atoms with E-state index >= 15 is 0 Å². The number of carbonyl (C=O) groups is 3. The van der Waals surface area contributed by atoms with Crippen molar-refractivity contribution in [3.05, 3.63) is 85.1 Å². The molecule has 0 aromatic rings. The number of hydrogen-bond donors (Lipinski definition) is 0. The van der Waals surface area contributed by atoms with Crippen molar-refractivity contribution in [1.82, 2.24) is 0 Å². The van der Waals surface area contributed by atoms with Gasteiger partial charge in [-0.1, -0.05) is 228 Å². The van der Waals surface area contributed by atoms with Crippen LogP contribution in [0.1, 0.15) is 245 Å². The fraction of sp³-hybridized carbons (Fsp3) is 0.707. The zero-order valence-corrected chi connectivity index (χ0v) is 41.8. The molecule has 0 saturated heterocycles. The molecular weight excluding hydrogens is 793 g/mol. The van der Waals surface area contributed by atoms with E-state index in [-0.39, 0.29) is 31.1 Å². The van der Waals surface area contributed by atoms with Crippen molar-refractivity contribution in [2.45, 2.75) is 252 Å². The summed E-state index contributed by atoms with van der Waals surface area (Å²) in [5, 5.41) is 0. The topological polar surface area (TPSA) is 78.9 Å². The Kier molecular flexibility index (Phi) is 49.4. The summed E-state index contributed by atoms with van der Waals surface area (Å²) in [6.45, 7) is 6.47. The number of ether oxygens (including phenoxy) is 3. The van der Waals surface area contributed by atoms with Gasteiger partial charge in [-0.25, -0.2) is 0 Å². The first-order chi connectivity index (χ1) is 31.5. The molecule has 0 aliphatic heterocycles. The highest BCUT2D eigenvalue weighted by Gasteiger charge is 2.19. The lowest BCUT2D eigenvalue weighted by Crippen LogP contribution is -2.30. The first kappa shape index (κ1) is 60.6. The number of carbonyl (C=O) groups excluding carboxylic acids is 3. The van der Waals surface area contributed by atoms with E-state index in [2.05, 4.69) is 81.5 Å². The molecule has 0 rings (SSSR count). The molecule has 64 heavy (non-hydrogen) atoms. The van der Waals surface area contributed by atoms with Crippen molar-refractivity contribution in [3.8, 4) is 0 Å². The maximum atomic E-state index is 12.8. The molecule has 0 aromatic heterocycles. The van der Waals surface area contributed by atoms with Gasteiger partial charge in [-0.15, -0.1) is 0 Å². The van der Waals surface area contributed by atoms with Crippen LogP contribution in [0.5, 0.6) is 0 Å². The van der Waals surface area contributed by atoms with Gasteiger partial charge in [0.25, 0.3) is 0 Å². The smallest absolute Gasteiger partial charge is 0.306 e. The van der Waals surface area contributed by atoms with Crippen molar-refractivity contribution in [1.29, 1.82) is 0 Å². The largest absolute Gasteiger partial charge is 0.462 e. The Bertz CT molecular complexity index is 1250. The summed E-state index contributed by atoms with van der Waals surface area (Å²) in [6, 6.07) is 0. The van der Waals surface area contributed by atoms with Gasteiger partial charge in [-0.05, 0) is 83.5 Å². The van der Waals surface area contributed by atoms with Gasteiger partial charge in [-0.2, -0.15) is 0 Å². The van der Waals surface area contributed by atoms with Crippen molar-refractivity contribution < 1.29 is 28.6 Å². The summed E-state index contributed by atoms with van der Waals surface area (Å²) in [4.78, 5) is 37.9. The van der Waals surface area contributed by atoms with Crippen molar-refractivity contribution in [2.24, 2.45) is 0 Å². The molecule has 0 N–H and O–H groups in total. The third-order valence-corrected chi connectivity index (χ3v) is 11.2. The summed E-state index contributed by atoms with van der Waals surface area (Å²) in [5.41, 5.74) is 0. The maximum absolute atomic E-state index is 12.8. The Hall–Kier alpha value is -3.41. The Morgan fingerprint density at radius 1 is 0.312 bits per heavy atom. The lowest BCUT2D eigenvalue weighted by atomic mass is 10.1. The van der Waals surface area contributed by atoms with E-state index < -0.39 is 6.10 Å². The van der Waals surface area contributed by atoms with Crippen LogP contribution in [0.15, 0.2) is 85.1 Å². The molecule has 0 aliphatic rings. The minimum absolute atomic E-state index is 0.0983. The van der Waals surface area contributed by atoms with E-state index in [0.717, 1.165) is 77.0 Å². The molecule has 0 aromatic carbocycles. The summed E-state index contributed by atoms with van der Waals surface area (Å²) in [7, 11) is 0. The lowest BCUT2D eigenvalue weighted by Gasteiger charge is -2.18. The number of allylic oxidation sites excluding steroid dienone is 14. The molecule has 0 radical (unpaired) electrons. The zero-order chi connectivity index (χ0) is 46.5. The van der Waals surface area contributed by atoms with Crippen LogP contribution in [0.4, 0.5) is 0 Å². The van der Waals surface area contributed by atoms with E-state index in [1.165, 1.54) is 122 Å². The standard InChI is InChI=1S/C58H98O6/c1-4-7-10-13-16-19-21-23-25-27-29-31-32-34-36-39-42-45-48-51-57(60)63-54-55(53-62-56(59)50-47-44-41-38-18-15-12-9-6-3)64-58(61)52-49-46-43-40-37-35-33-30-28-26-24-22-20-17-14-11-8-5-2/h11,14,17,20,22,24,26-30,33,38,41,55H,4-10,12-13,15-16,18-19,21,23,25,31-32,34-37,39-40,42-54H2,1-3H3/b14-11-,20-17-,24-22-,28-26-,29-27-,33-30-,41-38-. The maximum Gasteiger partial charge on any atom is 0.306 e. The fourth-order valence-corrected chi connectivity index (χ4v) is 7.18. The summed E-state index contributed by atoms with van der Waals surface area (Å²) in [6.07, 6.45) is 67.2. The Morgan fingerprint density at radius 2 is 0.625 bits per heavy atom. The first-order valence-electron chi connectivity index (χ1n) is 26.7. The monoisotopic (exact) mass is 891 g/mol. The first-order valence-corrected chi connectivity index (χ1v) is 26.7. The van der Waals surface area contributed by atoms with Crippen LogP contribution < -0.4 is 0 Å². The van der Waals surface area contributed by atoms with Crippen molar-refractivity contribution in [2.75, 3.05) is 13.2 Å². The molecule has 0 aliphatic carbocycles. The third kappa shape index (κ3) is 49.6. The van der Waals surface area contributed by atoms with Gasteiger partial charge in [0.05, 0.1) is 0 Å². The molecular formula is C58H98O6. The SMILES string of the molecule is CCC\C=C/C=C\C=C/C=C\C=C/CCCCCCCC(=O)OC(COC(=O)CCC/C=C\CCCCCC)COC(=O)CCCCCCCCC/C=C\CCCCCCCCCC. The zero-order valence-electron chi connectivity index (χ0n) is 41.8. The van der Waals surface area contributed by atoms with Crippen LogP contribution in [0.2, 0.25) is 0 Å². The third-order valence-electron chi connectivity index (χ3n) is 11.2. The van der Waals surface area contributed by atoms with Gasteiger partial charge < -0.3 is 14.2 Å². The highest BCUT2D eigenvalue weighted by Crippen LogP contribution is 2.14. The number of hydrogen-bond acceptors (Lipinski definition) is 6.